The molecule has 0 saturated carbocycles. The fourth-order valence-electron chi connectivity index (χ4n) is 6.71. The van der Waals surface area contributed by atoms with E-state index in [-0.39, 0.29) is 35.5 Å². The summed E-state index contributed by atoms with van der Waals surface area (Å²) in [5.74, 6) is -1.03. The first kappa shape index (κ1) is 26.8. The summed E-state index contributed by atoms with van der Waals surface area (Å²) in [4.78, 5) is 29.5. The molecule has 204 valence electrons. The maximum Gasteiger partial charge on any atom is 0.455 e. The molecule has 3 heterocycles. The molecule has 2 amide bonds. The van der Waals surface area contributed by atoms with E-state index in [1.807, 2.05) is 47.8 Å². The molecule has 0 unspecified atom stereocenters. The number of benzene rings is 2. The van der Waals surface area contributed by atoms with Gasteiger partial charge < -0.3 is 14.8 Å². The standard InChI is InChI=1S/C32H32BNO5S/c1-20-16-26-30(32(37)34(31(26)36)19-25-8-5-15-40-25)27-18-33(38)39-28(29(20)27)14-11-23(22-6-3-2-4-7-22)17-21-9-12-24(35)13-10-21/h2-10,12-13,15,17,26-28,30,35,38H,11,14,16,18-19H2,1H3/b23-17-/t26-,27+,28-,30-/m1/s1. The zero-order valence-corrected chi connectivity index (χ0v) is 23.2. The number of allylic oxidation sites excluding steroid dienone is 2. The van der Waals surface area contributed by atoms with E-state index in [0.29, 0.717) is 32.1 Å². The number of aromatic hydroxyl groups is 1. The van der Waals surface area contributed by atoms with Gasteiger partial charge in [-0.05, 0) is 84.3 Å². The molecule has 1 aromatic heterocycles. The smallest absolute Gasteiger partial charge is 0.455 e. The van der Waals surface area contributed by atoms with Gasteiger partial charge in [0, 0.05) is 4.88 Å². The maximum absolute atomic E-state index is 13.7. The van der Waals surface area contributed by atoms with Crippen molar-refractivity contribution in [2.75, 3.05) is 0 Å². The van der Waals surface area contributed by atoms with E-state index in [4.69, 9.17) is 4.65 Å². The third kappa shape index (κ3) is 5.19. The van der Waals surface area contributed by atoms with E-state index in [1.165, 1.54) is 4.90 Å². The van der Waals surface area contributed by atoms with Gasteiger partial charge >= 0.3 is 7.12 Å². The molecule has 2 aliphatic heterocycles. The summed E-state index contributed by atoms with van der Waals surface area (Å²) in [6.45, 7) is 2.37. The normalized spacial score (nSPS) is 24.9. The molecule has 2 aromatic carbocycles. The molecular formula is C32H32BNO5S. The summed E-state index contributed by atoms with van der Waals surface area (Å²) in [6.07, 6.45) is 3.98. The summed E-state index contributed by atoms with van der Waals surface area (Å²) in [7, 11) is -0.985. The van der Waals surface area contributed by atoms with Crippen molar-refractivity contribution in [3.05, 3.63) is 99.3 Å². The quantitative estimate of drug-likeness (QED) is 0.167. The number of phenolic OH excluding ortho intramolecular Hbond substituents is 1. The summed E-state index contributed by atoms with van der Waals surface area (Å²) < 4.78 is 6.13. The third-order valence-corrected chi connectivity index (χ3v) is 9.35. The predicted octanol–water partition coefficient (Wildman–Crippen LogP) is 5.79. The Labute approximate surface area is 238 Å². The van der Waals surface area contributed by atoms with Gasteiger partial charge in [-0.1, -0.05) is 60.2 Å². The Bertz CT molecular complexity index is 1450. The van der Waals surface area contributed by atoms with Crippen LogP contribution in [0, 0.1) is 17.8 Å². The topological polar surface area (TPSA) is 87.1 Å². The van der Waals surface area contributed by atoms with Crippen LogP contribution < -0.4 is 0 Å². The Hall–Kier alpha value is -3.46. The van der Waals surface area contributed by atoms with Crippen LogP contribution in [0.25, 0.3) is 11.6 Å². The molecule has 6 nitrogen and oxygen atoms in total. The van der Waals surface area contributed by atoms with Crippen molar-refractivity contribution in [1.29, 1.82) is 0 Å². The van der Waals surface area contributed by atoms with Gasteiger partial charge in [-0.2, -0.15) is 0 Å². The molecule has 40 heavy (non-hydrogen) atoms. The Balaban J connectivity index is 1.26. The number of hydrogen-bond donors (Lipinski definition) is 2. The van der Waals surface area contributed by atoms with Crippen molar-refractivity contribution in [2.24, 2.45) is 17.8 Å². The first-order valence-electron chi connectivity index (χ1n) is 13.8. The number of fused-ring (bicyclic) bond motifs is 3. The van der Waals surface area contributed by atoms with Crippen LogP contribution >= 0.6 is 11.3 Å². The van der Waals surface area contributed by atoms with Crippen molar-refractivity contribution >= 4 is 41.9 Å². The Morgan fingerprint density at radius 1 is 1.05 bits per heavy atom. The minimum atomic E-state index is -0.985. The van der Waals surface area contributed by atoms with Crippen molar-refractivity contribution in [3.8, 4) is 5.75 Å². The highest BCUT2D eigenvalue weighted by molar-refractivity contribution is 7.09. The molecule has 0 radical (unpaired) electrons. The average Bonchev–Trinajstić information content (AvgIpc) is 3.55. The number of rotatable bonds is 7. The summed E-state index contributed by atoms with van der Waals surface area (Å²) in [5, 5.41) is 22.5. The van der Waals surface area contributed by atoms with E-state index in [2.05, 4.69) is 25.1 Å². The second-order valence-corrected chi connectivity index (χ2v) is 12.0. The van der Waals surface area contributed by atoms with Crippen LogP contribution in [0.5, 0.6) is 5.75 Å². The molecule has 1 aliphatic carbocycles. The van der Waals surface area contributed by atoms with Crippen LogP contribution in [0.15, 0.2) is 83.3 Å². The fourth-order valence-corrected chi connectivity index (χ4v) is 7.40. The van der Waals surface area contributed by atoms with Gasteiger partial charge in [-0.15, -0.1) is 11.3 Å². The van der Waals surface area contributed by atoms with Crippen LogP contribution in [0.2, 0.25) is 6.32 Å². The number of imide groups is 1. The lowest BCUT2D eigenvalue weighted by Crippen LogP contribution is -2.46. The Kier molecular flexibility index (Phi) is 7.49. The SMILES string of the molecule is CC1=C2[C@@H](CC/C(=C/c3ccc(O)cc3)c3ccccc3)OB(O)C[C@@H]2[C@@H]2C(=O)N(Cc3cccs3)C(=O)[C@@H]2C1. The third-order valence-electron chi connectivity index (χ3n) is 8.49. The van der Waals surface area contributed by atoms with E-state index in [9.17, 15) is 19.7 Å². The van der Waals surface area contributed by atoms with Crippen LogP contribution in [0.4, 0.5) is 0 Å². The lowest BCUT2D eigenvalue weighted by atomic mass is 9.58. The van der Waals surface area contributed by atoms with Crippen LogP contribution in [0.1, 0.15) is 42.2 Å². The molecule has 2 fully saturated rings. The zero-order chi connectivity index (χ0) is 27.8. The highest BCUT2D eigenvalue weighted by Crippen LogP contribution is 2.51. The van der Waals surface area contributed by atoms with Crippen molar-refractivity contribution in [1.82, 2.24) is 4.90 Å². The number of thiophene rings is 1. The van der Waals surface area contributed by atoms with Gasteiger partial charge in [-0.25, -0.2) is 0 Å². The van der Waals surface area contributed by atoms with E-state index in [1.54, 1.807) is 23.5 Å². The maximum atomic E-state index is 13.7. The highest BCUT2D eigenvalue weighted by Gasteiger charge is 2.56. The molecule has 6 rings (SSSR count). The molecule has 3 aromatic rings. The van der Waals surface area contributed by atoms with Crippen molar-refractivity contribution in [2.45, 2.75) is 45.2 Å². The monoisotopic (exact) mass is 553 g/mol. The molecule has 2 saturated heterocycles. The molecule has 0 bridgehead atoms. The van der Waals surface area contributed by atoms with Gasteiger partial charge in [0.15, 0.2) is 0 Å². The highest BCUT2D eigenvalue weighted by atomic mass is 32.1. The number of likely N-dealkylation sites (tertiary alicyclic amines) is 1. The first-order chi connectivity index (χ1) is 19.4. The van der Waals surface area contributed by atoms with Crippen molar-refractivity contribution < 1.29 is 24.4 Å². The van der Waals surface area contributed by atoms with Crippen LogP contribution in [-0.4, -0.2) is 40.1 Å². The van der Waals surface area contributed by atoms with Gasteiger partial charge in [0.2, 0.25) is 11.8 Å². The predicted molar refractivity (Wildman–Crippen MR) is 157 cm³/mol. The van der Waals surface area contributed by atoms with Gasteiger partial charge in [0.1, 0.15) is 5.75 Å². The molecule has 4 atom stereocenters. The summed E-state index contributed by atoms with van der Waals surface area (Å²) in [6, 6.07) is 21.2. The molecule has 2 N–H and O–H groups in total. The first-order valence-corrected chi connectivity index (χ1v) is 14.7. The largest absolute Gasteiger partial charge is 0.508 e. The van der Waals surface area contributed by atoms with E-state index >= 15 is 0 Å². The second-order valence-electron chi connectivity index (χ2n) is 11.0. The lowest BCUT2D eigenvalue weighted by molar-refractivity contribution is -0.140. The molecule has 3 aliphatic rings. The number of phenols is 1. The number of carbonyl (C=O) groups excluding carboxylic acids is 2. The number of nitrogens with zero attached hydrogens (tertiary/aromatic N) is 1. The van der Waals surface area contributed by atoms with Gasteiger partial charge in [0.05, 0.1) is 24.5 Å². The lowest BCUT2D eigenvalue weighted by Gasteiger charge is -2.42. The zero-order valence-electron chi connectivity index (χ0n) is 22.4. The summed E-state index contributed by atoms with van der Waals surface area (Å²) >= 11 is 1.55. The molecule has 0 spiro atoms. The molecular weight excluding hydrogens is 521 g/mol. The van der Waals surface area contributed by atoms with Gasteiger partial charge in [0.25, 0.3) is 0 Å². The average molecular weight is 553 g/mol. The number of carbonyl (C=O) groups is 2. The van der Waals surface area contributed by atoms with E-state index < -0.39 is 13.0 Å². The minimum Gasteiger partial charge on any atom is -0.508 e. The molecule has 8 heteroatoms. The second kappa shape index (κ2) is 11.2. The number of amides is 2. The fraction of sp³-hybridized carbons (Fsp3) is 0.312. The summed E-state index contributed by atoms with van der Waals surface area (Å²) in [5.41, 5.74) is 5.39. The van der Waals surface area contributed by atoms with Gasteiger partial charge in [-0.3, -0.25) is 14.5 Å². The van der Waals surface area contributed by atoms with Crippen LogP contribution in [-0.2, 0) is 20.8 Å². The number of hydrogen-bond acceptors (Lipinski definition) is 6. The van der Waals surface area contributed by atoms with Crippen LogP contribution in [0.3, 0.4) is 0 Å². The Morgan fingerprint density at radius 3 is 2.55 bits per heavy atom. The van der Waals surface area contributed by atoms with Crippen molar-refractivity contribution in [3.63, 3.8) is 0 Å². The Morgan fingerprint density at radius 2 is 1.82 bits per heavy atom. The van der Waals surface area contributed by atoms with E-state index in [0.717, 1.165) is 32.7 Å². The minimum absolute atomic E-state index is 0.0949.